The molecule has 0 N–H and O–H groups in total. The average molecular weight is 414 g/mol. The molecule has 1 aromatic carbocycles. The van der Waals surface area contributed by atoms with Crippen LogP contribution in [-0.2, 0) is 11.8 Å². The summed E-state index contributed by atoms with van der Waals surface area (Å²) in [5, 5.41) is 5.47. The quantitative estimate of drug-likeness (QED) is 0.512. The van der Waals surface area contributed by atoms with Gasteiger partial charge in [-0.3, -0.25) is 14.5 Å². The molecular weight excluding hydrogens is 392 g/mol. The van der Waals surface area contributed by atoms with Crippen LogP contribution in [0.1, 0.15) is 15.9 Å². The van der Waals surface area contributed by atoms with Crippen LogP contribution in [0, 0.1) is 6.92 Å². The van der Waals surface area contributed by atoms with Gasteiger partial charge in [0.15, 0.2) is 5.82 Å². The van der Waals surface area contributed by atoms with Crippen LogP contribution < -0.4 is 0 Å². The van der Waals surface area contributed by atoms with E-state index in [-0.39, 0.29) is 5.91 Å². The number of rotatable bonds is 3. The monoisotopic (exact) mass is 414 g/mol. The second-order valence-electron chi connectivity index (χ2n) is 7.62. The summed E-state index contributed by atoms with van der Waals surface area (Å²) in [6, 6.07) is 9.60. The van der Waals surface area contributed by atoms with Crippen molar-refractivity contribution in [3.8, 4) is 22.8 Å². The third kappa shape index (κ3) is 3.66. The van der Waals surface area contributed by atoms with Crippen LogP contribution in [0.5, 0.6) is 0 Å². The van der Waals surface area contributed by atoms with Gasteiger partial charge in [0.2, 0.25) is 0 Å². The molecule has 0 radical (unpaired) electrons. The highest BCUT2D eigenvalue weighted by Crippen LogP contribution is 2.27. The van der Waals surface area contributed by atoms with E-state index in [9.17, 15) is 4.79 Å². The van der Waals surface area contributed by atoms with Crippen molar-refractivity contribution in [3.63, 3.8) is 0 Å². The molecule has 31 heavy (non-hydrogen) atoms. The van der Waals surface area contributed by atoms with Crippen molar-refractivity contribution in [2.24, 2.45) is 7.05 Å². The number of benzene rings is 1. The lowest BCUT2D eigenvalue weighted by Crippen LogP contribution is -2.40. The molecule has 8 nitrogen and oxygen atoms in total. The van der Waals surface area contributed by atoms with Crippen LogP contribution in [0.25, 0.3) is 33.7 Å². The zero-order valence-electron chi connectivity index (χ0n) is 17.4. The largest absolute Gasteiger partial charge is 0.378 e. The van der Waals surface area contributed by atoms with Crippen molar-refractivity contribution in [2.45, 2.75) is 6.92 Å². The second kappa shape index (κ2) is 7.88. The number of carbonyl (C=O) groups excluding carboxylic acids is 1. The Hall–Kier alpha value is -3.65. The van der Waals surface area contributed by atoms with Crippen molar-refractivity contribution in [2.75, 3.05) is 26.3 Å². The third-order valence-electron chi connectivity index (χ3n) is 5.47. The fourth-order valence-corrected chi connectivity index (χ4v) is 3.79. The normalized spacial score (nSPS) is 14.2. The van der Waals surface area contributed by atoms with E-state index in [4.69, 9.17) is 4.74 Å². The van der Waals surface area contributed by atoms with Crippen LogP contribution in [0.3, 0.4) is 0 Å². The number of hydrogen-bond acceptors (Lipinski definition) is 6. The Labute approximate surface area is 179 Å². The van der Waals surface area contributed by atoms with Gasteiger partial charge in [-0.15, -0.1) is 0 Å². The summed E-state index contributed by atoms with van der Waals surface area (Å²) in [6.07, 6.45) is 5.29. The van der Waals surface area contributed by atoms with Gasteiger partial charge in [0.25, 0.3) is 5.91 Å². The van der Waals surface area contributed by atoms with Crippen LogP contribution in [0.2, 0.25) is 0 Å². The summed E-state index contributed by atoms with van der Waals surface area (Å²) in [6.45, 7) is 4.38. The smallest absolute Gasteiger partial charge is 0.254 e. The summed E-state index contributed by atoms with van der Waals surface area (Å²) in [5.74, 6) is 0.514. The lowest BCUT2D eigenvalue weighted by atomic mass is 10.1. The van der Waals surface area contributed by atoms with Crippen molar-refractivity contribution in [1.82, 2.24) is 29.6 Å². The summed E-state index contributed by atoms with van der Waals surface area (Å²) < 4.78 is 7.14. The zero-order valence-corrected chi connectivity index (χ0v) is 17.4. The highest BCUT2D eigenvalue weighted by Gasteiger charge is 2.21. The van der Waals surface area contributed by atoms with Gasteiger partial charge in [0, 0.05) is 55.2 Å². The van der Waals surface area contributed by atoms with Crippen molar-refractivity contribution in [3.05, 3.63) is 60.0 Å². The Kier molecular flexibility index (Phi) is 4.91. The summed E-state index contributed by atoms with van der Waals surface area (Å²) in [7, 11) is 1.88. The van der Waals surface area contributed by atoms with Gasteiger partial charge in [0.05, 0.1) is 24.4 Å². The number of ether oxygens (including phenoxy) is 1. The maximum Gasteiger partial charge on any atom is 0.254 e. The number of pyridine rings is 1. The average Bonchev–Trinajstić information content (AvgIpc) is 3.15. The van der Waals surface area contributed by atoms with E-state index in [1.54, 1.807) is 23.3 Å². The third-order valence-corrected chi connectivity index (χ3v) is 5.47. The van der Waals surface area contributed by atoms with Crippen LogP contribution >= 0.6 is 0 Å². The van der Waals surface area contributed by atoms with Crippen molar-refractivity contribution >= 4 is 16.8 Å². The number of carbonyl (C=O) groups is 1. The fourth-order valence-electron chi connectivity index (χ4n) is 3.79. The van der Waals surface area contributed by atoms with E-state index in [2.05, 4.69) is 20.1 Å². The van der Waals surface area contributed by atoms with E-state index >= 15 is 0 Å². The molecule has 0 bridgehead atoms. The zero-order chi connectivity index (χ0) is 21.4. The summed E-state index contributed by atoms with van der Waals surface area (Å²) in [5.41, 5.74) is 5.00. The van der Waals surface area contributed by atoms with E-state index in [1.807, 2.05) is 49.2 Å². The number of nitrogens with zero attached hydrogens (tertiary/aromatic N) is 6. The molecule has 0 spiro atoms. The predicted octanol–water partition coefficient (Wildman–Crippen LogP) is 2.87. The number of morpholine rings is 1. The molecular formula is C23H22N6O2. The van der Waals surface area contributed by atoms with Crippen molar-refractivity contribution in [1.29, 1.82) is 0 Å². The molecule has 4 aromatic rings. The van der Waals surface area contributed by atoms with Gasteiger partial charge >= 0.3 is 0 Å². The van der Waals surface area contributed by atoms with Gasteiger partial charge in [0.1, 0.15) is 5.69 Å². The standard InChI is InChI=1S/C23H22N6O2/c1-15-5-6-24-19(11-15)17-13-25-22(26-14-17)21-18-12-16(3-4-20(18)28(2)27-21)23(30)29-7-9-31-10-8-29/h3-6,11-14H,7-10H2,1-2H3. The van der Waals surface area contributed by atoms with Gasteiger partial charge < -0.3 is 9.64 Å². The lowest BCUT2D eigenvalue weighted by Gasteiger charge is -2.26. The van der Waals surface area contributed by atoms with E-state index in [0.29, 0.717) is 43.4 Å². The minimum Gasteiger partial charge on any atom is -0.378 e. The Balaban J connectivity index is 1.51. The summed E-state index contributed by atoms with van der Waals surface area (Å²) >= 11 is 0. The lowest BCUT2D eigenvalue weighted by molar-refractivity contribution is 0.0303. The fraction of sp³-hybridized carbons (Fsp3) is 0.261. The molecule has 1 aliphatic heterocycles. The molecule has 1 aliphatic rings. The Morgan fingerprint density at radius 3 is 2.55 bits per heavy atom. The first-order chi connectivity index (χ1) is 15.1. The molecule has 0 atom stereocenters. The van der Waals surface area contributed by atoms with Crippen LogP contribution in [-0.4, -0.2) is 61.8 Å². The molecule has 8 heteroatoms. The molecule has 1 fully saturated rings. The molecule has 0 aliphatic carbocycles. The Morgan fingerprint density at radius 2 is 1.81 bits per heavy atom. The molecule has 156 valence electrons. The number of fused-ring (bicyclic) bond motifs is 1. The topological polar surface area (TPSA) is 86.0 Å². The van der Waals surface area contributed by atoms with Gasteiger partial charge in [-0.25, -0.2) is 9.97 Å². The van der Waals surface area contributed by atoms with E-state index < -0.39 is 0 Å². The highest BCUT2D eigenvalue weighted by molar-refractivity contribution is 6.01. The molecule has 0 saturated carbocycles. The number of hydrogen-bond donors (Lipinski definition) is 0. The molecule has 4 heterocycles. The molecule has 0 unspecified atom stereocenters. The predicted molar refractivity (Wildman–Crippen MR) is 116 cm³/mol. The Morgan fingerprint density at radius 1 is 1.03 bits per heavy atom. The van der Waals surface area contributed by atoms with Gasteiger partial charge in [-0.1, -0.05) is 0 Å². The number of aromatic nitrogens is 5. The molecule has 1 saturated heterocycles. The Bertz CT molecular complexity index is 1260. The van der Waals surface area contributed by atoms with Gasteiger partial charge in [-0.05, 0) is 42.8 Å². The number of amides is 1. The second-order valence-corrected chi connectivity index (χ2v) is 7.62. The first-order valence-corrected chi connectivity index (χ1v) is 10.2. The molecule has 5 rings (SSSR count). The minimum absolute atomic E-state index is 0.00166. The van der Waals surface area contributed by atoms with E-state index in [0.717, 1.165) is 27.7 Å². The number of aryl methyl sites for hydroxylation is 2. The minimum atomic E-state index is 0.00166. The first-order valence-electron chi connectivity index (χ1n) is 10.2. The van der Waals surface area contributed by atoms with Crippen LogP contribution in [0.15, 0.2) is 48.9 Å². The first kappa shape index (κ1) is 19.3. The van der Waals surface area contributed by atoms with Crippen molar-refractivity contribution < 1.29 is 9.53 Å². The maximum absolute atomic E-state index is 12.9. The highest BCUT2D eigenvalue weighted by atomic mass is 16.5. The maximum atomic E-state index is 12.9. The SMILES string of the molecule is Cc1ccnc(-c2cnc(-c3nn(C)c4ccc(C(=O)N5CCOCC5)cc34)nc2)c1. The van der Waals surface area contributed by atoms with E-state index in [1.165, 1.54) is 0 Å². The molecule has 1 amide bonds. The molecule has 3 aromatic heterocycles. The van der Waals surface area contributed by atoms with Crippen LogP contribution in [0.4, 0.5) is 0 Å². The summed E-state index contributed by atoms with van der Waals surface area (Å²) in [4.78, 5) is 28.2. The van der Waals surface area contributed by atoms with Gasteiger partial charge in [-0.2, -0.15) is 5.10 Å².